The van der Waals surface area contributed by atoms with E-state index in [1.54, 1.807) is 0 Å². The normalized spacial score (nSPS) is 19.8. The van der Waals surface area contributed by atoms with Crippen molar-refractivity contribution in [1.82, 2.24) is 4.90 Å². The lowest BCUT2D eigenvalue weighted by atomic mass is 9.95. The third-order valence-electron chi connectivity index (χ3n) is 5.05. The maximum Gasteiger partial charge on any atom is 0.414 e. The summed E-state index contributed by atoms with van der Waals surface area (Å²) in [6.07, 6.45) is 9.45. The Morgan fingerprint density at radius 3 is 2.62 bits per heavy atom. The quantitative estimate of drug-likeness (QED) is 0.497. The first kappa shape index (κ1) is 18.5. The van der Waals surface area contributed by atoms with Crippen LogP contribution in [0.4, 0.5) is 4.79 Å². The summed E-state index contributed by atoms with van der Waals surface area (Å²) in [6.45, 7) is 4.63. The Bertz CT molecular complexity index is 714. The fraction of sp³-hybridized carbons (Fsp3) is 0.478. The van der Waals surface area contributed by atoms with Gasteiger partial charge in [-0.05, 0) is 57.1 Å². The molecule has 0 spiro atoms. The van der Waals surface area contributed by atoms with Crippen LogP contribution in [-0.4, -0.2) is 23.6 Å². The van der Waals surface area contributed by atoms with Crippen molar-refractivity contribution < 1.29 is 9.53 Å². The second-order valence-corrected chi connectivity index (χ2v) is 7.51. The number of carbonyl (C=O) groups excluding carboxylic acids is 1. The van der Waals surface area contributed by atoms with Gasteiger partial charge in [-0.15, -0.1) is 0 Å². The maximum absolute atomic E-state index is 12.5. The van der Waals surface area contributed by atoms with E-state index in [0.29, 0.717) is 6.61 Å². The van der Waals surface area contributed by atoms with Crippen LogP contribution in [0.1, 0.15) is 57.9 Å². The van der Waals surface area contributed by atoms with E-state index in [2.05, 4.69) is 37.8 Å². The van der Waals surface area contributed by atoms with Gasteiger partial charge < -0.3 is 4.74 Å². The number of hydrogen-bond acceptors (Lipinski definition) is 2. The van der Waals surface area contributed by atoms with E-state index < -0.39 is 0 Å². The monoisotopic (exact) mass is 351 g/mol. The summed E-state index contributed by atoms with van der Waals surface area (Å²) in [5, 5.41) is 0. The Morgan fingerprint density at radius 1 is 1.19 bits per heavy atom. The van der Waals surface area contributed by atoms with Crippen LogP contribution in [0.5, 0.6) is 0 Å². The molecule has 26 heavy (non-hydrogen) atoms. The van der Waals surface area contributed by atoms with Gasteiger partial charge in [0.15, 0.2) is 0 Å². The van der Waals surface area contributed by atoms with Crippen molar-refractivity contribution in [3.05, 3.63) is 64.5 Å². The first-order valence-electron chi connectivity index (χ1n) is 9.74. The number of cyclic esters (lactones) is 1. The van der Waals surface area contributed by atoms with E-state index in [4.69, 9.17) is 4.74 Å². The predicted octanol–water partition coefficient (Wildman–Crippen LogP) is 5.78. The van der Waals surface area contributed by atoms with Gasteiger partial charge in [0.25, 0.3) is 0 Å². The summed E-state index contributed by atoms with van der Waals surface area (Å²) in [6, 6.07) is 10.4. The van der Waals surface area contributed by atoms with Crippen LogP contribution in [0.3, 0.4) is 0 Å². The number of allylic oxidation sites excluding steroid dienone is 2. The minimum atomic E-state index is -0.230. The predicted molar refractivity (Wildman–Crippen MR) is 105 cm³/mol. The number of rotatable bonds is 5. The van der Waals surface area contributed by atoms with Crippen LogP contribution in [-0.2, 0) is 11.2 Å². The fourth-order valence-corrected chi connectivity index (χ4v) is 3.65. The van der Waals surface area contributed by atoms with Gasteiger partial charge in [-0.3, -0.25) is 4.90 Å². The molecule has 3 nitrogen and oxygen atoms in total. The highest BCUT2D eigenvalue weighted by Gasteiger charge is 2.35. The van der Waals surface area contributed by atoms with Crippen molar-refractivity contribution in [1.29, 1.82) is 0 Å². The van der Waals surface area contributed by atoms with Crippen molar-refractivity contribution in [2.75, 3.05) is 6.61 Å². The fourth-order valence-electron chi connectivity index (χ4n) is 3.65. The molecular weight excluding hydrogens is 322 g/mol. The molecule has 1 aromatic carbocycles. The Morgan fingerprint density at radius 2 is 1.92 bits per heavy atom. The van der Waals surface area contributed by atoms with Crippen LogP contribution < -0.4 is 0 Å². The number of nitrogens with zero attached hydrogens (tertiary/aromatic N) is 1. The van der Waals surface area contributed by atoms with Crippen molar-refractivity contribution in [2.45, 2.75) is 64.8 Å². The van der Waals surface area contributed by atoms with E-state index in [9.17, 15) is 4.79 Å². The summed E-state index contributed by atoms with van der Waals surface area (Å²) in [5.74, 6) is 0. The highest BCUT2D eigenvalue weighted by molar-refractivity contribution is 5.72. The maximum atomic E-state index is 12.5. The van der Waals surface area contributed by atoms with Crippen molar-refractivity contribution in [3.63, 3.8) is 0 Å². The lowest BCUT2D eigenvalue weighted by Crippen LogP contribution is -2.34. The molecule has 1 heterocycles. The minimum Gasteiger partial charge on any atom is -0.447 e. The SMILES string of the molecule is CC(C)=CCC(=C=C1CCCCC1)N1C(=O)OC[C@H]1Cc1ccccc1. The number of hydrogen-bond donors (Lipinski definition) is 0. The zero-order valence-electron chi connectivity index (χ0n) is 16.0. The molecule has 2 fully saturated rings. The van der Waals surface area contributed by atoms with Crippen LogP contribution >= 0.6 is 0 Å². The van der Waals surface area contributed by atoms with Crippen LogP contribution in [0.2, 0.25) is 0 Å². The lowest BCUT2D eigenvalue weighted by molar-refractivity contribution is 0.164. The van der Waals surface area contributed by atoms with Gasteiger partial charge in [0.2, 0.25) is 0 Å². The third-order valence-corrected chi connectivity index (χ3v) is 5.05. The molecule has 1 aliphatic heterocycles. The van der Waals surface area contributed by atoms with Crippen molar-refractivity contribution >= 4 is 6.09 Å². The van der Waals surface area contributed by atoms with Crippen LogP contribution in [0.15, 0.2) is 59.0 Å². The van der Waals surface area contributed by atoms with Gasteiger partial charge in [-0.1, -0.05) is 54.1 Å². The molecule has 0 N–H and O–H groups in total. The molecule has 0 aromatic heterocycles. The van der Waals surface area contributed by atoms with Crippen molar-refractivity contribution in [2.24, 2.45) is 0 Å². The lowest BCUT2D eigenvalue weighted by Gasteiger charge is -2.23. The van der Waals surface area contributed by atoms with Gasteiger partial charge >= 0.3 is 6.09 Å². The van der Waals surface area contributed by atoms with Gasteiger partial charge in [0, 0.05) is 6.42 Å². The zero-order valence-corrected chi connectivity index (χ0v) is 16.0. The standard InChI is InChI=1S/C23H29NO2/c1-18(2)13-14-21(15-19-9-5-3-6-10-19)24-22(17-26-23(24)25)16-20-11-7-4-8-12-20/h4,7-8,11-13,22H,3,5-6,9-10,14,16-17H2,1-2H3/t22-/m1/s1. The molecule has 1 amide bonds. The summed E-state index contributed by atoms with van der Waals surface area (Å²) in [4.78, 5) is 14.4. The molecule has 1 saturated carbocycles. The number of carbonyl (C=O) groups is 1. The van der Waals surface area contributed by atoms with Crippen LogP contribution in [0.25, 0.3) is 0 Å². The summed E-state index contributed by atoms with van der Waals surface area (Å²) >= 11 is 0. The third kappa shape index (κ3) is 4.89. The molecular formula is C23H29NO2. The molecule has 138 valence electrons. The number of ether oxygens (including phenoxy) is 1. The molecule has 1 atom stereocenters. The van der Waals surface area contributed by atoms with E-state index in [1.807, 2.05) is 23.1 Å². The summed E-state index contributed by atoms with van der Waals surface area (Å²) < 4.78 is 5.42. The van der Waals surface area contributed by atoms with Crippen molar-refractivity contribution in [3.8, 4) is 0 Å². The Hall–Kier alpha value is -2.25. The highest BCUT2D eigenvalue weighted by atomic mass is 16.6. The van der Waals surface area contributed by atoms with Gasteiger partial charge in [-0.25, -0.2) is 4.79 Å². The number of benzene rings is 1. The summed E-state index contributed by atoms with van der Waals surface area (Å²) in [5.41, 5.74) is 8.42. The first-order valence-corrected chi connectivity index (χ1v) is 9.74. The Kier molecular flexibility index (Phi) is 6.35. The molecule has 0 radical (unpaired) electrons. The molecule has 1 saturated heterocycles. The highest BCUT2D eigenvalue weighted by Crippen LogP contribution is 2.27. The number of amides is 1. The van der Waals surface area contributed by atoms with Crippen LogP contribution in [0, 0.1) is 0 Å². The minimum absolute atomic E-state index is 0.0437. The van der Waals surface area contributed by atoms with Gasteiger partial charge in [0.1, 0.15) is 6.61 Å². The first-order chi connectivity index (χ1) is 12.6. The Balaban J connectivity index is 1.90. The molecule has 1 aromatic rings. The summed E-state index contributed by atoms with van der Waals surface area (Å²) in [7, 11) is 0. The van der Waals surface area contributed by atoms with Gasteiger partial charge in [0.05, 0.1) is 11.7 Å². The van der Waals surface area contributed by atoms with E-state index in [1.165, 1.54) is 36.0 Å². The van der Waals surface area contributed by atoms with Gasteiger partial charge in [-0.2, -0.15) is 0 Å². The largest absolute Gasteiger partial charge is 0.447 e. The van der Waals surface area contributed by atoms with E-state index >= 15 is 0 Å². The average Bonchev–Trinajstić information content (AvgIpc) is 3.00. The molecule has 3 heteroatoms. The molecule has 0 bridgehead atoms. The smallest absolute Gasteiger partial charge is 0.414 e. The topological polar surface area (TPSA) is 29.5 Å². The zero-order chi connectivity index (χ0) is 18.4. The molecule has 0 unspecified atom stereocenters. The molecule has 1 aliphatic carbocycles. The molecule has 3 rings (SSSR count). The Labute approximate surface area is 157 Å². The second kappa shape index (κ2) is 8.91. The molecule has 2 aliphatic rings. The second-order valence-electron chi connectivity index (χ2n) is 7.51. The van der Waals surface area contributed by atoms with E-state index in [-0.39, 0.29) is 12.1 Å². The van der Waals surface area contributed by atoms with E-state index in [0.717, 1.165) is 31.4 Å². The average molecular weight is 351 g/mol.